The summed E-state index contributed by atoms with van der Waals surface area (Å²) < 4.78 is 1.85. The van der Waals surface area contributed by atoms with Crippen molar-refractivity contribution in [1.82, 2.24) is 15.1 Å². The Kier molecular flexibility index (Phi) is 5.29. The summed E-state index contributed by atoms with van der Waals surface area (Å²) in [5.74, 6) is 0.524. The molecule has 1 aromatic heterocycles. The van der Waals surface area contributed by atoms with Crippen LogP contribution in [0.2, 0.25) is 0 Å². The number of nitrogens with one attached hydrogen (secondary N) is 1. The van der Waals surface area contributed by atoms with Gasteiger partial charge in [0.25, 0.3) is 0 Å². The maximum atomic E-state index is 5.66. The normalized spacial score (nSPS) is 11.7. The number of nitrogens with two attached hydrogens (primary N) is 1. The molecule has 0 aliphatic carbocycles. The number of hydrogen-bond donors (Lipinski definition) is 2. The van der Waals surface area contributed by atoms with Crippen LogP contribution in [0.5, 0.6) is 0 Å². The van der Waals surface area contributed by atoms with Crippen LogP contribution in [0.4, 0.5) is 0 Å². The molecule has 3 N–H and O–H groups in total. The van der Waals surface area contributed by atoms with Crippen LogP contribution in [-0.4, -0.2) is 28.8 Å². The van der Waals surface area contributed by atoms with Gasteiger partial charge >= 0.3 is 0 Å². The standard InChI is InChI=1S/C10H19N5/c1-2-3-5-12-10(11)13-7-9-15-8-4-6-14-15/h4,6,8H,2-3,5,7,9H2,1H3,(H3,11,12,13). The van der Waals surface area contributed by atoms with Crippen LogP contribution >= 0.6 is 0 Å². The van der Waals surface area contributed by atoms with E-state index in [2.05, 4.69) is 22.3 Å². The van der Waals surface area contributed by atoms with Crippen molar-refractivity contribution >= 4 is 5.96 Å². The summed E-state index contributed by atoms with van der Waals surface area (Å²) >= 11 is 0. The van der Waals surface area contributed by atoms with Crippen LogP contribution in [-0.2, 0) is 6.54 Å². The monoisotopic (exact) mass is 209 g/mol. The van der Waals surface area contributed by atoms with Crippen molar-refractivity contribution in [2.45, 2.75) is 26.3 Å². The largest absolute Gasteiger partial charge is 0.370 e. The Morgan fingerprint density at radius 2 is 2.47 bits per heavy atom. The number of aliphatic imine (C=N–C) groups is 1. The highest BCUT2D eigenvalue weighted by molar-refractivity contribution is 5.77. The lowest BCUT2D eigenvalue weighted by atomic mass is 10.3. The van der Waals surface area contributed by atoms with Gasteiger partial charge in [0.2, 0.25) is 0 Å². The Morgan fingerprint density at radius 3 is 3.13 bits per heavy atom. The molecule has 0 saturated heterocycles. The molecule has 15 heavy (non-hydrogen) atoms. The molecule has 1 aromatic rings. The zero-order valence-electron chi connectivity index (χ0n) is 9.19. The van der Waals surface area contributed by atoms with Gasteiger partial charge in [0.15, 0.2) is 5.96 Å². The fourth-order valence-corrected chi connectivity index (χ4v) is 1.14. The summed E-state index contributed by atoms with van der Waals surface area (Å²) in [6.45, 7) is 4.49. The molecule has 0 amide bonds. The van der Waals surface area contributed by atoms with Gasteiger partial charge in [-0.15, -0.1) is 0 Å². The van der Waals surface area contributed by atoms with Gasteiger partial charge in [0, 0.05) is 25.5 Å². The molecule has 0 aliphatic heterocycles. The summed E-state index contributed by atoms with van der Waals surface area (Å²) in [7, 11) is 0. The number of guanidine groups is 1. The quantitative estimate of drug-likeness (QED) is 0.409. The molecule has 1 rings (SSSR count). The van der Waals surface area contributed by atoms with Gasteiger partial charge in [0.05, 0.1) is 6.54 Å². The smallest absolute Gasteiger partial charge is 0.188 e. The van der Waals surface area contributed by atoms with Gasteiger partial charge in [0.1, 0.15) is 0 Å². The van der Waals surface area contributed by atoms with E-state index in [1.54, 1.807) is 6.20 Å². The van der Waals surface area contributed by atoms with Gasteiger partial charge < -0.3 is 11.1 Å². The number of unbranched alkanes of at least 4 members (excludes halogenated alkanes) is 1. The lowest BCUT2D eigenvalue weighted by Gasteiger charge is -2.05. The van der Waals surface area contributed by atoms with E-state index in [-0.39, 0.29) is 0 Å². The molecule has 0 atom stereocenters. The molecule has 0 aromatic carbocycles. The number of nitrogens with zero attached hydrogens (tertiary/aromatic N) is 3. The second-order valence-corrected chi connectivity index (χ2v) is 3.32. The van der Waals surface area contributed by atoms with Gasteiger partial charge in [-0.3, -0.25) is 9.67 Å². The second kappa shape index (κ2) is 6.86. The van der Waals surface area contributed by atoms with Crippen molar-refractivity contribution in [3.8, 4) is 0 Å². The molecule has 1 heterocycles. The molecule has 0 aliphatic rings. The molecular formula is C10H19N5. The average molecular weight is 209 g/mol. The zero-order valence-corrected chi connectivity index (χ0v) is 9.19. The number of hydrogen-bond acceptors (Lipinski definition) is 2. The average Bonchev–Trinajstić information content (AvgIpc) is 2.71. The van der Waals surface area contributed by atoms with Crippen molar-refractivity contribution in [3.05, 3.63) is 18.5 Å². The van der Waals surface area contributed by atoms with Crippen molar-refractivity contribution < 1.29 is 0 Å². The Labute approximate surface area is 90.4 Å². The predicted octanol–water partition coefficient (Wildman–Crippen LogP) is 0.588. The molecule has 0 radical (unpaired) electrons. The minimum Gasteiger partial charge on any atom is -0.370 e. The van der Waals surface area contributed by atoms with Crippen LogP contribution in [0.1, 0.15) is 19.8 Å². The molecular weight excluding hydrogens is 190 g/mol. The lowest BCUT2D eigenvalue weighted by Crippen LogP contribution is -2.34. The van der Waals surface area contributed by atoms with E-state index in [0.717, 1.165) is 32.5 Å². The first-order valence-corrected chi connectivity index (χ1v) is 5.34. The van der Waals surface area contributed by atoms with E-state index in [9.17, 15) is 0 Å². The van der Waals surface area contributed by atoms with Crippen LogP contribution in [0.3, 0.4) is 0 Å². The van der Waals surface area contributed by atoms with Crippen molar-refractivity contribution in [2.24, 2.45) is 10.7 Å². The van der Waals surface area contributed by atoms with Gasteiger partial charge in [-0.2, -0.15) is 5.10 Å². The van der Waals surface area contributed by atoms with E-state index in [0.29, 0.717) is 5.96 Å². The minimum absolute atomic E-state index is 0.524. The minimum atomic E-state index is 0.524. The topological polar surface area (TPSA) is 68.2 Å². The first kappa shape index (κ1) is 11.6. The van der Waals surface area contributed by atoms with Crippen molar-refractivity contribution in [2.75, 3.05) is 13.1 Å². The third-order valence-corrected chi connectivity index (χ3v) is 2.00. The maximum absolute atomic E-state index is 5.66. The molecule has 0 fully saturated rings. The van der Waals surface area contributed by atoms with Crippen molar-refractivity contribution in [1.29, 1.82) is 0 Å². The van der Waals surface area contributed by atoms with Gasteiger partial charge in [-0.05, 0) is 12.5 Å². The number of aromatic nitrogens is 2. The van der Waals surface area contributed by atoms with E-state index >= 15 is 0 Å². The fraction of sp³-hybridized carbons (Fsp3) is 0.600. The molecule has 0 spiro atoms. The summed E-state index contributed by atoms with van der Waals surface area (Å²) in [6.07, 6.45) is 5.91. The molecule has 0 saturated carbocycles. The fourth-order valence-electron chi connectivity index (χ4n) is 1.14. The van der Waals surface area contributed by atoms with E-state index < -0.39 is 0 Å². The van der Waals surface area contributed by atoms with E-state index in [4.69, 9.17) is 5.73 Å². The Hall–Kier alpha value is -1.52. The van der Waals surface area contributed by atoms with Crippen LogP contribution in [0.15, 0.2) is 23.5 Å². The highest BCUT2D eigenvalue weighted by Crippen LogP contribution is 1.86. The highest BCUT2D eigenvalue weighted by atomic mass is 15.3. The van der Waals surface area contributed by atoms with Gasteiger partial charge in [-0.1, -0.05) is 13.3 Å². The summed E-state index contributed by atoms with van der Waals surface area (Å²) in [6, 6.07) is 1.90. The van der Waals surface area contributed by atoms with Crippen LogP contribution < -0.4 is 11.1 Å². The summed E-state index contributed by atoms with van der Waals surface area (Å²) in [4.78, 5) is 4.19. The first-order valence-electron chi connectivity index (χ1n) is 5.34. The Balaban J connectivity index is 2.11. The lowest BCUT2D eigenvalue weighted by molar-refractivity contribution is 0.601. The highest BCUT2D eigenvalue weighted by Gasteiger charge is 1.92. The molecule has 84 valence electrons. The zero-order chi connectivity index (χ0) is 10.9. The van der Waals surface area contributed by atoms with E-state index in [1.165, 1.54) is 0 Å². The Bertz CT molecular complexity index is 278. The van der Waals surface area contributed by atoms with Crippen LogP contribution in [0, 0.1) is 0 Å². The Morgan fingerprint density at radius 1 is 1.60 bits per heavy atom. The second-order valence-electron chi connectivity index (χ2n) is 3.32. The summed E-state index contributed by atoms with van der Waals surface area (Å²) in [5.41, 5.74) is 5.66. The third-order valence-electron chi connectivity index (χ3n) is 2.00. The van der Waals surface area contributed by atoms with Crippen molar-refractivity contribution in [3.63, 3.8) is 0 Å². The maximum Gasteiger partial charge on any atom is 0.188 e. The van der Waals surface area contributed by atoms with Gasteiger partial charge in [-0.25, -0.2) is 0 Å². The first-order chi connectivity index (χ1) is 7.33. The summed E-state index contributed by atoms with van der Waals surface area (Å²) in [5, 5.41) is 7.13. The van der Waals surface area contributed by atoms with E-state index in [1.807, 2.05) is 16.9 Å². The molecule has 5 nitrogen and oxygen atoms in total. The van der Waals surface area contributed by atoms with Crippen LogP contribution in [0.25, 0.3) is 0 Å². The SMILES string of the molecule is CCCCN=C(N)NCCn1cccn1. The third kappa shape index (κ3) is 5.05. The predicted molar refractivity (Wildman–Crippen MR) is 61.6 cm³/mol. The molecule has 0 unspecified atom stereocenters. The molecule has 0 bridgehead atoms. The molecule has 5 heteroatoms. The number of rotatable bonds is 6.